The van der Waals surface area contributed by atoms with Crippen LogP contribution in [-0.4, -0.2) is 43.2 Å². The Morgan fingerprint density at radius 2 is 1.91 bits per heavy atom. The van der Waals surface area contributed by atoms with Gasteiger partial charge >= 0.3 is 11.9 Å². The van der Waals surface area contributed by atoms with Crippen LogP contribution in [0.5, 0.6) is 17.2 Å². The third-order valence-corrected chi connectivity index (χ3v) is 4.70. The fourth-order valence-electron chi connectivity index (χ4n) is 3.21. The van der Waals surface area contributed by atoms with Crippen LogP contribution in [0.3, 0.4) is 0 Å². The van der Waals surface area contributed by atoms with Crippen LogP contribution < -0.4 is 14.4 Å². The molecule has 9 heteroatoms. The van der Waals surface area contributed by atoms with Gasteiger partial charge in [0.25, 0.3) is 5.91 Å². The highest BCUT2D eigenvalue weighted by Crippen LogP contribution is 2.43. The maximum Gasteiger partial charge on any atom is 0.343 e. The maximum atomic E-state index is 13.8. The average Bonchev–Trinajstić information content (AvgIpc) is 2.89. The van der Waals surface area contributed by atoms with E-state index in [-0.39, 0.29) is 34.1 Å². The number of carbonyl (C=O) groups is 3. The minimum absolute atomic E-state index is 0.0199. The Morgan fingerprint density at radius 3 is 2.55 bits per heavy atom. The Hall–Kier alpha value is -4.06. The molecule has 0 aromatic heterocycles. The highest BCUT2D eigenvalue weighted by atomic mass is 16.6. The molecule has 0 fully saturated rings. The number of methoxy groups -OCH3 is 1. The van der Waals surface area contributed by atoms with E-state index in [0.717, 1.165) is 0 Å². The summed E-state index contributed by atoms with van der Waals surface area (Å²) in [4.78, 5) is 39.5. The van der Waals surface area contributed by atoms with Crippen LogP contribution in [0, 0.1) is 11.3 Å². The zero-order valence-corrected chi connectivity index (χ0v) is 19.0. The Balaban J connectivity index is 2.14. The summed E-state index contributed by atoms with van der Waals surface area (Å²) >= 11 is 0. The van der Waals surface area contributed by atoms with Crippen LogP contribution in [0.25, 0.3) is 0 Å². The molecule has 0 saturated carbocycles. The zero-order valence-electron chi connectivity index (χ0n) is 19.0. The standard InChI is InChI=1S/C24H24N2O7/c1-14(23(29)33-24(2,3)4)26-16-11-15(12-25)9-10-17(16)32-19-8-6-7-18(21(19)22(26)28)31-13-20(27)30-5/h6-11,14H,13H2,1-5H3/t14-/m1/s1. The fraction of sp³-hybridized carbons (Fsp3) is 0.333. The Bertz CT molecular complexity index is 1140. The van der Waals surface area contributed by atoms with E-state index in [2.05, 4.69) is 4.74 Å². The average molecular weight is 452 g/mol. The summed E-state index contributed by atoms with van der Waals surface area (Å²) in [6.45, 7) is 6.27. The number of benzene rings is 2. The first-order valence-electron chi connectivity index (χ1n) is 10.2. The number of fused-ring (bicyclic) bond motifs is 2. The molecular weight excluding hydrogens is 428 g/mol. The Kier molecular flexibility index (Phi) is 6.58. The van der Waals surface area contributed by atoms with Gasteiger partial charge in [0.1, 0.15) is 28.7 Å². The first-order chi connectivity index (χ1) is 15.6. The van der Waals surface area contributed by atoms with Gasteiger partial charge in [0.05, 0.1) is 24.4 Å². The lowest BCUT2D eigenvalue weighted by atomic mass is 10.1. The molecule has 0 bridgehead atoms. The second-order valence-electron chi connectivity index (χ2n) is 8.28. The monoisotopic (exact) mass is 452 g/mol. The molecule has 1 amide bonds. The van der Waals surface area contributed by atoms with Gasteiger partial charge in [-0.3, -0.25) is 9.69 Å². The normalized spacial score (nSPS) is 13.5. The van der Waals surface area contributed by atoms with E-state index < -0.39 is 36.1 Å². The lowest BCUT2D eigenvalue weighted by molar-refractivity contribution is -0.156. The molecule has 1 heterocycles. The molecule has 9 nitrogen and oxygen atoms in total. The number of hydrogen-bond donors (Lipinski definition) is 0. The topological polar surface area (TPSA) is 115 Å². The van der Waals surface area contributed by atoms with E-state index in [1.54, 1.807) is 45.0 Å². The third kappa shape index (κ3) is 5.06. The molecule has 2 aromatic carbocycles. The van der Waals surface area contributed by atoms with E-state index in [4.69, 9.17) is 14.2 Å². The summed E-state index contributed by atoms with van der Waals surface area (Å²) in [6.07, 6.45) is 0. The Labute approximate surface area is 191 Å². The van der Waals surface area contributed by atoms with Gasteiger partial charge in [-0.2, -0.15) is 5.26 Å². The lowest BCUT2D eigenvalue weighted by Crippen LogP contribution is -2.46. The van der Waals surface area contributed by atoms with Crippen LogP contribution in [0.1, 0.15) is 43.6 Å². The maximum absolute atomic E-state index is 13.8. The van der Waals surface area contributed by atoms with E-state index in [1.165, 1.54) is 31.1 Å². The van der Waals surface area contributed by atoms with Crippen LogP contribution >= 0.6 is 0 Å². The number of ether oxygens (including phenoxy) is 4. The number of nitrogens with zero attached hydrogens (tertiary/aromatic N) is 2. The number of esters is 2. The third-order valence-electron chi connectivity index (χ3n) is 4.70. The van der Waals surface area contributed by atoms with Gasteiger partial charge in [-0.25, -0.2) is 9.59 Å². The number of amides is 1. The highest BCUT2D eigenvalue weighted by molar-refractivity contribution is 6.14. The summed E-state index contributed by atoms with van der Waals surface area (Å²) in [5.41, 5.74) is -0.250. The summed E-state index contributed by atoms with van der Waals surface area (Å²) < 4.78 is 21.6. The molecule has 2 aromatic rings. The number of anilines is 1. The molecule has 0 unspecified atom stereocenters. The first-order valence-corrected chi connectivity index (χ1v) is 10.2. The van der Waals surface area contributed by atoms with Crippen molar-refractivity contribution in [2.24, 2.45) is 0 Å². The van der Waals surface area contributed by atoms with Crippen LogP contribution in [0.2, 0.25) is 0 Å². The number of rotatable bonds is 5. The van der Waals surface area contributed by atoms with Crippen molar-refractivity contribution in [1.82, 2.24) is 0 Å². The van der Waals surface area contributed by atoms with Gasteiger partial charge in [-0.15, -0.1) is 0 Å². The lowest BCUT2D eigenvalue weighted by Gasteiger charge is -2.30. The summed E-state index contributed by atoms with van der Waals surface area (Å²) in [5, 5.41) is 9.38. The predicted octanol–water partition coefficient (Wildman–Crippen LogP) is 3.59. The van der Waals surface area contributed by atoms with Gasteiger partial charge in [0.15, 0.2) is 12.4 Å². The molecule has 33 heavy (non-hydrogen) atoms. The number of nitriles is 1. The quantitative estimate of drug-likeness (QED) is 0.632. The van der Waals surface area contributed by atoms with E-state index in [1.807, 2.05) is 6.07 Å². The highest BCUT2D eigenvalue weighted by Gasteiger charge is 2.38. The van der Waals surface area contributed by atoms with E-state index >= 15 is 0 Å². The van der Waals surface area contributed by atoms with Crippen molar-refractivity contribution in [2.75, 3.05) is 18.6 Å². The van der Waals surface area contributed by atoms with Crippen molar-refractivity contribution in [1.29, 1.82) is 5.26 Å². The second-order valence-corrected chi connectivity index (χ2v) is 8.28. The van der Waals surface area contributed by atoms with Crippen LogP contribution in [-0.2, 0) is 19.1 Å². The molecule has 0 N–H and O–H groups in total. The summed E-state index contributed by atoms with van der Waals surface area (Å²) in [5.74, 6) is -1.36. The van der Waals surface area contributed by atoms with Crippen LogP contribution in [0.4, 0.5) is 5.69 Å². The van der Waals surface area contributed by atoms with Gasteiger partial charge in [-0.1, -0.05) is 6.07 Å². The zero-order chi connectivity index (χ0) is 24.3. The van der Waals surface area contributed by atoms with E-state index in [9.17, 15) is 19.6 Å². The van der Waals surface area contributed by atoms with Crippen molar-refractivity contribution in [3.05, 3.63) is 47.5 Å². The molecule has 0 spiro atoms. The van der Waals surface area contributed by atoms with Crippen molar-refractivity contribution in [3.8, 4) is 23.3 Å². The van der Waals surface area contributed by atoms with Crippen molar-refractivity contribution in [3.63, 3.8) is 0 Å². The summed E-state index contributed by atoms with van der Waals surface area (Å²) in [6, 6.07) is 10.2. The van der Waals surface area contributed by atoms with Crippen molar-refractivity contribution < 1.29 is 33.3 Å². The first kappa shape index (κ1) is 23.6. The summed E-state index contributed by atoms with van der Waals surface area (Å²) in [7, 11) is 1.22. The molecule has 0 saturated heterocycles. The Morgan fingerprint density at radius 1 is 1.18 bits per heavy atom. The second kappa shape index (κ2) is 9.20. The number of carbonyl (C=O) groups excluding carboxylic acids is 3. The molecule has 1 aliphatic heterocycles. The molecule has 0 radical (unpaired) electrons. The van der Waals surface area contributed by atoms with Crippen molar-refractivity contribution >= 4 is 23.5 Å². The molecule has 0 aliphatic carbocycles. The van der Waals surface area contributed by atoms with Gasteiger partial charge in [0, 0.05) is 0 Å². The van der Waals surface area contributed by atoms with Gasteiger partial charge in [-0.05, 0) is 58.0 Å². The smallest absolute Gasteiger partial charge is 0.343 e. The number of hydrogen-bond acceptors (Lipinski definition) is 8. The molecule has 172 valence electrons. The van der Waals surface area contributed by atoms with Crippen LogP contribution in [0.15, 0.2) is 36.4 Å². The minimum atomic E-state index is -1.06. The minimum Gasteiger partial charge on any atom is -0.481 e. The molecule has 1 aliphatic rings. The van der Waals surface area contributed by atoms with Gasteiger partial charge < -0.3 is 18.9 Å². The molecule has 1 atom stereocenters. The predicted molar refractivity (Wildman–Crippen MR) is 117 cm³/mol. The van der Waals surface area contributed by atoms with E-state index in [0.29, 0.717) is 0 Å². The molecule has 3 rings (SSSR count). The largest absolute Gasteiger partial charge is 0.481 e. The molecular formula is C24H24N2O7. The van der Waals surface area contributed by atoms with Crippen molar-refractivity contribution in [2.45, 2.75) is 39.3 Å². The fourth-order valence-corrected chi connectivity index (χ4v) is 3.21. The van der Waals surface area contributed by atoms with Gasteiger partial charge in [0.2, 0.25) is 0 Å². The SMILES string of the molecule is COC(=O)COc1cccc2c1C(=O)N([C@H](C)C(=O)OC(C)(C)C)c1cc(C#N)ccc1O2.